The van der Waals surface area contributed by atoms with Crippen LogP contribution in [0, 0.1) is 6.92 Å². The summed E-state index contributed by atoms with van der Waals surface area (Å²) in [5.41, 5.74) is 0.606. The zero-order valence-corrected chi connectivity index (χ0v) is 10.8. The van der Waals surface area contributed by atoms with Gasteiger partial charge >= 0.3 is 0 Å². The summed E-state index contributed by atoms with van der Waals surface area (Å²) in [6.45, 7) is 2.22. The second kappa shape index (κ2) is 5.68. The number of nitrogens with zero attached hydrogens (tertiary/aromatic N) is 2. The predicted molar refractivity (Wildman–Crippen MR) is 68.8 cm³/mol. The minimum Gasteiger partial charge on any atom is -0.352 e. The molecule has 0 aliphatic carbocycles. The van der Waals surface area contributed by atoms with Crippen molar-refractivity contribution in [3.8, 4) is 0 Å². The summed E-state index contributed by atoms with van der Waals surface area (Å²) in [5.74, 6) is 0.999. The van der Waals surface area contributed by atoms with E-state index in [1.165, 1.54) is 0 Å². The van der Waals surface area contributed by atoms with Crippen LogP contribution < -0.4 is 5.32 Å². The van der Waals surface area contributed by atoms with Crippen LogP contribution in [0.4, 0.5) is 0 Å². The molecule has 0 saturated heterocycles. The molecule has 1 amide bonds. The average Bonchev–Trinajstić information content (AvgIpc) is 2.76. The molecule has 0 unspecified atom stereocenters. The number of hydrogen-bond donors (Lipinski definition) is 2. The molecule has 1 aromatic heterocycles. The van der Waals surface area contributed by atoms with Gasteiger partial charge in [0.1, 0.15) is 0 Å². The van der Waals surface area contributed by atoms with Gasteiger partial charge in [0, 0.05) is 23.4 Å². The van der Waals surface area contributed by atoms with E-state index in [1.807, 2.05) is 0 Å². The number of rotatable bonds is 4. The summed E-state index contributed by atoms with van der Waals surface area (Å²) in [6.07, 6.45) is 0.525. The van der Waals surface area contributed by atoms with Crippen molar-refractivity contribution in [2.75, 3.05) is 6.54 Å². The zero-order chi connectivity index (χ0) is 13.0. The number of amides is 1. The molecule has 0 saturated carbocycles. The molecule has 18 heavy (non-hydrogen) atoms. The van der Waals surface area contributed by atoms with Crippen LogP contribution in [0.3, 0.4) is 0 Å². The molecule has 0 radical (unpaired) electrons. The number of carbonyl (C=O) groups excluding carboxylic acids is 1. The van der Waals surface area contributed by atoms with E-state index < -0.39 is 0 Å². The molecule has 0 fully saturated rings. The smallest absolute Gasteiger partial charge is 0.251 e. The van der Waals surface area contributed by atoms with Crippen LogP contribution in [-0.2, 0) is 6.42 Å². The van der Waals surface area contributed by atoms with Crippen LogP contribution in [0.15, 0.2) is 33.7 Å². The number of benzene rings is 1. The van der Waals surface area contributed by atoms with Crippen LogP contribution >= 0.6 is 12.6 Å². The zero-order valence-electron chi connectivity index (χ0n) is 9.88. The molecule has 2 rings (SSSR count). The van der Waals surface area contributed by atoms with E-state index in [-0.39, 0.29) is 5.91 Å². The van der Waals surface area contributed by atoms with E-state index in [0.29, 0.717) is 30.2 Å². The number of hydrogen-bond acceptors (Lipinski definition) is 5. The van der Waals surface area contributed by atoms with Crippen molar-refractivity contribution in [2.45, 2.75) is 18.2 Å². The van der Waals surface area contributed by atoms with Crippen LogP contribution in [0.25, 0.3) is 0 Å². The Morgan fingerprint density at radius 3 is 2.72 bits per heavy atom. The highest BCUT2D eigenvalue weighted by atomic mass is 32.1. The fraction of sp³-hybridized carbons (Fsp3) is 0.250. The van der Waals surface area contributed by atoms with E-state index in [2.05, 4.69) is 28.1 Å². The summed E-state index contributed by atoms with van der Waals surface area (Å²) >= 11 is 4.16. The van der Waals surface area contributed by atoms with E-state index in [0.717, 1.165) is 4.90 Å². The van der Waals surface area contributed by atoms with Gasteiger partial charge in [-0.25, -0.2) is 0 Å². The largest absolute Gasteiger partial charge is 0.352 e. The maximum Gasteiger partial charge on any atom is 0.251 e. The molecule has 5 nitrogen and oxygen atoms in total. The summed E-state index contributed by atoms with van der Waals surface area (Å²) in [6, 6.07) is 7.02. The minimum atomic E-state index is -0.125. The molecule has 1 N–H and O–H groups in total. The number of nitrogens with one attached hydrogen (secondary N) is 1. The molecule has 6 heteroatoms. The van der Waals surface area contributed by atoms with Crippen LogP contribution in [0.5, 0.6) is 0 Å². The van der Waals surface area contributed by atoms with Crippen LogP contribution in [0.2, 0.25) is 0 Å². The van der Waals surface area contributed by atoms with E-state index in [9.17, 15) is 4.79 Å². The first-order valence-corrected chi connectivity index (χ1v) is 5.96. The van der Waals surface area contributed by atoms with Crippen molar-refractivity contribution < 1.29 is 9.32 Å². The van der Waals surface area contributed by atoms with Crippen molar-refractivity contribution in [1.82, 2.24) is 15.5 Å². The average molecular weight is 263 g/mol. The highest BCUT2D eigenvalue weighted by Crippen LogP contribution is 2.07. The Kier molecular flexibility index (Phi) is 3.99. The first kappa shape index (κ1) is 12.6. The normalized spacial score (nSPS) is 10.3. The van der Waals surface area contributed by atoms with Crippen molar-refractivity contribution in [2.24, 2.45) is 0 Å². The predicted octanol–water partition coefficient (Wildman–Crippen LogP) is 1.64. The van der Waals surface area contributed by atoms with Crippen molar-refractivity contribution in [1.29, 1.82) is 0 Å². The Balaban J connectivity index is 1.83. The highest BCUT2D eigenvalue weighted by molar-refractivity contribution is 7.80. The number of carbonyl (C=O) groups is 1. The molecular formula is C12H13N3O2S. The second-order valence-electron chi connectivity index (χ2n) is 3.79. The SMILES string of the molecule is Cc1noc(CCNC(=O)c2ccc(S)cc2)n1. The lowest BCUT2D eigenvalue weighted by molar-refractivity contribution is 0.0953. The van der Waals surface area contributed by atoms with E-state index in [1.54, 1.807) is 31.2 Å². The monoisotopic (exact) mass is 263 g/mol. The summed E-state index contributed by atoms with van der Waals surface area (Å²) in [4.78, 5) is 16.6. The Morgan fingerprint density at radius 1 is 1.39 bits per heavy atom. The number of thiol groups is 1. The molecule has 94 valence electrons. The topological polar surface area (TPSA) is 68.0 Å². The Labute approximate surface area is 110 Å². The van der Waals surface area contributed by atoms with Gasteiger partial charge in [0.15, 0.2) is 5.82 Å². The van der Waals surface area contributed by atoms with Gasteiger partial charge in [-0.05, 0) is 31.2 Å². The lowest BCUT2D eigenvalue weighted by Gasteiger charge is -2.03. The highest BCUT2D eigenvalue weighted by Gasteiger charge is 2.06. The third kappa shape index (κ3) is 3.33. The van der Waals surface area contributed by atoms with Gasteiger partial charge < -0.3 is 9.84 Å². The summed E-state index contributed by atoms with van der Waals surface area (Å²) < 4.78 is 4.95. The first-order chi connectivity index (χ1) is 8.65. The lowest BCUT2D eigenvalue weighted by Crippen LogP contribution is -2.25. The Morgan fingerprint density at radius 2 is 2.11 bits per heavy atom. The third-order valence-corrected chi connectivity index (χ3v) is 2.62. The maximum atomic E-state index is 11.7. The van der Waals surface area contributed by atoms with Crippen molar-refractivity contribution >= 4 is 18.5 Å². The summed E-state index contributed by atoms with van der Waals surface area (Å²) in [7, 11) is 0. The van der Waals surface area contributed by atoms with Crippen LogP contribution in [0.1, 0.15) is 22.1 Å². The third-order valence-electron chi connectivity index (χ3n) is 2.32. The standard InChI is InChI=1S/C12H13N3O2S/c1-8-14-11(17-15-8)6-7-13-12(16)9-2-4-10(18)5-3-9/h2-5,18H,6-7H2,1H3,(H,13,16). The van der Waals surface area contributed by atoms with Gasteiger partial charge in [-0.2, -0.15) is 4.98 Å². The fourth-order valence-electron chi connectivity index (χ4n) is 1.44. The molecule has 0 atom stereocenters. The van der Waals surface area contributed by atoms with Crippen LogP contribution in [-0.4, -0.2) is 22.6 Å². The van der Waals surface area contributed by atoms with Gasteiger partial charge in [-0.3, -0.25) is 4.79 Å². The van der Waals surface area contributed by atoms with E-state index in [4.69, 9.17) is 4.52 Å². The lowest BCUT2D eigenvalue weighted by atomic mass is 10.2. The van der Waals surface area contributed by atoms with Gasteiger partial charge in [0.25, 0.3) is 5.91 Å². The van der Waals surface area contributed by atoms with Gasteiger partial charge in [0.2, 0.25) is 5.89 Å². The first-order valence-electron chi connectivity index (χ1n) is 5.51. The molecule has 0 aliphatic heterocycles. The molecule has 0 spiro atoms. The maximum absolute atomic E-state index is 11.7. The molecule has 1 heterocycles. The number of aromatic nitrogens is 2. The molecule has 1 aromatic carbocycles. The Bertz CT molecular complexity index is 537. The molecule has 2 aromatic rings. The summed E-state index contributed by atoms with van der Waals surface area (Å²) in [5, 5.41) is 6.46. The number of aryl methyl sites for hydroxylation is 1. The van der Waals surface area contributed by atoms with Crippen molar-refractivity contribution in [3.05, 3.63) is 41.5 Å². The van der Waals surface area contributed by atoms with Crippen molar-refractivity contribution in [3.63, 3.8) is 0 Å². The molecule has 0 aliphatic rings. The van der Waals surface area contributed by atoms with Gasteiger partial charge in [-0.1, -0.05) is 5.16 Å². The van der Waals surface area contributed by atoms with Gasteiger partial charge in [0.05, 0.1) is 0 Å². The molecular weight excluding hydrogens is 250 g/mol. The van der Waals surface area contributed by atoms with Gasteiger partial charge in [-0.15, -0.1) is 12.6 Å². The fourth-order valence-corrected chi connectivity index (χ4v) is 1.59. The molecule has 0 bridgehead atoms. The van der Waals surface area contributed by atoms with E-state index >= 15 is 0 Å². The Hall–Kier alpha value is -1.82. The second-order valence-corrected chi connectivity index (χ2v) is 4.30. The quantitative estimate of drug-likeness (QED) is 0.823. The minimum absolute atomic E-state index is 0.125.